The van der Waals surface area contributed by atoms with E-state index in [9.17, 15) is 0 Å². The molecule has 0 bridgehead atoms. The van der Waals surface area contributed by atoms with Crippen LogP contribution in [-0.2, 0) is 108 Å². The Bertz CT molecular complexity index is 2900. The molecule has 7 aromatic carbocycles. The van der Waals surface area contributed by atoms with Crippen LogP contribution in [0.1, 0.15) is 45.9 Å². The fraction of sp³-hybridized carbons (Fsp3) is 0.371. The quantitative estimate of drug-likeness (QED) is 0.0383. The molecule has 14 heteroatoms. The average Bonchev–Trinajstić information content (AvgIpc) is 3.51. The van der Waals surface area contributed by atoms with E-state index in [1.54, 1.807) is 17.8 Å². The van der Waals surface area contributed by atoms with Gasteiger partial charge in [-0.25, -0.2) is 0 Å². The van der Waals surface area contributed by atoms with Gasteiger partial charge < -0.3 is 61.6 Å². The summed E-state index contributed by atoms with van der Waals surface area (Å²) in [5.74, 6) is 0.686. The Morgan fingerprint density at radius 2 is 0.726 bits per heavy atom. The van der Waals surface area contributed by atoms with Crippen LogP contribution in [0.4, 0.5) is 0 Å². The summed E-state index contributed by atoms with van der Waals surface area (Å²) in [6.45, 7) is 8.83. The molecular formula is C70H78O13S. The number of ether oxygens (including phenoxy) is 13. The molecule has 10 rings (SSSR count). The van der Waals surface area contributed by atoms with Crippen molar-refractivity contribution in [3.8, 4) is 0 Å². The monoisotopic (exact) mass is 1160 g/mol. The van der Waals surface area contributed by atoms with E-state index in [4.69, 9.17) is 61.6 Å². The summed E-state index contributed by atoms with van der Waals surface area (Å²) in [4.78, 5) is 0. The van der Waals surface area contributed by atoms with Gasteiger partial charge in [-0.05, 0) is 44.7 Å². The van der Waals surface area contributed by atoms with E-state index in [1.807, 2.05) is 212 Å². The summed E-state index contributed by atoms with van der Waals surface area (Å²) in [6, 6.07) is 70.5. The Balaban J connectivity index is 1.00. The molecule has 0 unspecified atom stereocenters. The van der Waals surface area contributed by atoms with Gasteiger partial charge in [0, 0.05) is 0 Å². The minimum Gasteiger partial charge on any atom is -0.374 e. The van der Waals surface area contributed by atoms with Crippen LogP contribution in [0.5, 0.6) is 0 Å². The lowest BCUT2D eigenvalue weighted by atomic mass is 9.97. The topological polar surface area (TPSA) is 120 Å². The van der Waals surface area contributed by atoms with Gasteiger partial charge in [-0.1, -0.05) is 225 Å². The Kier molecular flexibility index (Phi) is 24.1. The fourth-order valence-corrected chi connectivity index (χ4v) is 11.5. The third-order valence-corrected chi connectivity index (χ3v) is 15.9. The lowest BCUT2D eigenvalue weighted by molar-refractivity contribution is -0.358. The van der Waals surface area contributed by atoms with Crippen LogP contribution in [0.2, 0.25) is 0 Å². The molecule has 0 saturated carbocycles. The van der Waals surface area contributed by atoms with E-state index >= 15 is 0 Å². The molecule has 3 saturated heterocycles. The smallest absolute Gasteiger partial charge is 0.187 e. The van der Waals surface area contributed by atoms with E-state index in [1.165, 1.54) is 0 Å². The van der Waals surface area contributed by atoms with Gasteiger partial charge in [0.15, 0.2) is 12.6 Å². The van der Waals surface area contributed by atoms with Crippen LogP contribution in [0.15, 0.2) is 225 Å². The number of hydrogen-bond donors (Lipinski definition) is 0. The molecule has 3 aliphatic rings. The van der Waals surface area contributed by atoms with Crippen molar-refractivity contribution in [2.24, 2.45) is 0 Å². The third-order valence-electron chi connectivity index (χ3n) is 14.8. The van der Waals surface area contributed by atoms with Crippen molar-refractivity contribution in [2.45, 2.75) is 132 Å². The van der Waals surface area contributed by atoms with Gasteiger partial charge in [0.25, 0.3) is 0 Å². The summed E-state index contributed by atoms with van der Waals surface area (Å²) >= 11 is 1.60. The van der Waals surface area contributed by atoms with Gasteiger partial charge in [0.2, 0.25) is 0 Å². The van der Waals surface area contributed by atoms with Crippen LogP contribution < -0.4 is 0 Å². The molecule has 84 heavy (non-hydrogen) atoms. The van der Waals surface area contributed by atoms with Crippen LogP contribution in [0.3, 0.4) is 0 Å². The molecule has 3 heterocycles. The summed E-state index contributed by atoms with van der Waals surface area (Å²) < 4.78 is 91.0. The number of hydrogen-bond acceptors (Lipinski definition) is 14. The van der Waals surface area contributed by atoms with E-state index in [0.717, 1.165) is 38.9 Å². The van der Waals surface area contributed by atoms with Crippen molar-refractivity contribution < 1.29 is 61.6 Å². The van der Waals surface area contributed by atoms with Crippen molar-refractivity contribution >= 4 is 11.8 Å². The minimum absolute atomic E-state index is 0.131. The number of benzene rings is 7. The molecule has 3 aliphatic heterocycles. The Hall–Kier alpha value is -5.89. The first kappa shape index (κ1) is 61.2. The van der Waals surface area contributed by atoms with E-state index < -0.39 is 79.1 Å². The maximum Gasteiger partial charge on any atom is 0.187 e. The summed E-state index contributed by atoms with van der Waals surface area (Å²) in [5, 5.41) is 0. The average molecular weight is 1160 g/mol. The molecule has 0 aromatic heterocycles. The Morgan fingerprint density at radius 3 is 1.08 bits per heavy atom. The molecule has 0 aliphatic carbocycles. The van der Waals surface area contributed by atoms with Crippen LogP contribution in [0, 0.1) is 0 Å². The third kappa shape index (κ3) is 17.8. The van der Waals surface area contributed by atoms with E-state index in [0.29, 0.717) is 32.2 Å². The number of rotatable bonds is 31. The van der Waals surface area contributed by atoms with Crippen molar-refractivity contribution in [1.82, 2.24) is 0 Å². The van der Waals surface area contributed by atoms with Crippen LogP contribution >= 0.6 is 11.8 Å². The molecule has 13 nitrogen and oxygen atoms in total. The van der Waals surface area contributed by atoms with Gasteiger partial charge in [-0.15, -0.1) is 18.3 Å². The van der Waals surface area contributed by atoms with Gasteiger partial charge in [0.1, 0.15) is 66.5 Å². The highest BCUT2D eigenvalue weighted by molar-refractivity contribution is 7.99. The fourth-order valence-electron chi connectivity index (χ4n) is 10.5. The van der Waals surface area contributed by atoms with Crippen LogP contribution in [-0.4, -0.2) is 111 Å². The van der Waals surface area contributed by atoms with Gasteiger partial charge in [-0.2, -0.15) is 0 Å². The van der Waals surface area contributed by atoms with Crippen LogP contribution in [0.25, 0.3) is 0 Å². The zero-order valence-electron chi connectivity index (χ0n) is 47.7. The molecule has 0 amide bonds. The lowest BCUT2D eigenvalue weighted by Gasteiger charge is -2.50. The molecule has 7 aromatic rings. The first-order valence-electron chi connectivity index (χ1n) is 29.2. The second-order valence-corrected chi connectivity index (χ2v) is 22.3. The maximum atomic E-state index is 7.48. The van der Waals surface area contributed by atoms with Gasteiger partial charge in [0.05, 0.1) is 72.7 Å². The molecule has 442 valence electrons. The highest BCUT2D eigenvalue weighted by atomic mass is 32.2. The van der Waals surface area contributed by atoms with E-state index in [-0.39, 0.29) is 46.2 Å². The predicted molar refractivity (Wildman–Crippen MR) is 322 cm³/mol. The standard InChI is InChI=1S/C70H78O13S/c1-3-40-72-64-63(82-68-65(77-46-56-36-22-10-23-37-56)61(75-44-54-32-18-8-19-33-54)58(49-79-68)73-42-52-28-14-6-15-29-52)60(48-71-41-51-26-12-5-13-27-51)81-70(84-4-2)67(64)83-69-66(78-47-57-38-24-11-25-39-57)62(76-45-55-34-20-9-21-35-55)59(50-80-69)74-43-53-30-16-7-17-31-53/h3,5-39,58-70H,1,4,40-50H2,2H3/t58-,59-,60-,61+,62+,63-,64+,65-,66-,67+,68+,69+,70-/m1/s1. The lowest BCUT2D eigenvalue weighted by Crippen LogP contribution is -2.66. The second kappa shape index (κ2) is 33.1. The zero-order chi connectivity index (χ0) is 57.4. The largest absolute Gasteiger partial charge is 0.374 e. The van der Waals surface area contributed by atoms with Crippen molar-refractivity contribution in [3.63, 3.8) is 0 Å². The summed E-state index contributed by atoms with van der Waals surface area (Å²) in [6.07, 6.45) is -7.66. The van der Waals surface area contributed by atoms with Crippen molar-refractivity contribution in [3.05, 3.63) is 264 Å². The minimum atomic E-state index is -1.03. The summed E-state index contributed by atoms with van der Waals surface area (Å²) in [7, 11) is 0. The number of thioether (sulfide) groups is 1. The molecular weight excluding hydrogens is 1080 g/mol. The van der Waals surface area contributed by atoms with Crippen molar-refractivity contribution in [1.29, 1.82) is 0 Å². The summed E-state index contributed by atoms with van der Waals surface area (Å²) in [5.41, 5.74) is 6.38. The molecule has 13 atom stereocenters. The maximum absolute atomic E-state index is 7.48. The first-order chi connectivity index (χ1) is 41.6. The Morgan fingerprint density at radius 1 is 0.393 bits per heavy atom. The second-order valence-electron chi connectivity index (χ2n) is 20.9. The SMILES string of the molecule is C=CCO[C@@H]1[C@H](O[C@@H]2OC[C@@H](OCc3ccccc3)[C@H](OCc3ccccc3)[C@H]2OCc2ccccc2)[C@@H](SCC)O[C@H](COCc2ccccc2)[C@H]1O[C@@H]1OC[C@@H](OCc2ccccc2)[C@H](OCc2ccccc2)[C@H]1OCc1ccccc1. The first-order valence-corrected chi connectivity index (χ1v) is 30.2. The molecule has 3 fully saturated rings. The highest BCUT2D eigenvalue weighted by Crippen LogP contribution is 2.39. The van der Waals surface area contributed by atoms with E-state index in [2.05, 4.69) is 13.5 Å². The molecule has 0 N–H and O–H groups in total. The molecule has 0 spiro atoms. The highest BCUT2D eigenvalue weighted by Gasteiger charge is 2.55. The predicted octanol–water partition coefficient (Wildman–Crippen LogP) is 12.2. The van der Waals surface area contributed by atoms with Crippen molar-refractivity contribution in [2.75, 3.05) is 32.2 Å². The van der Waals surface area contributed by atoms with Gasteiger partial charge >= 0.3 is 0 Å². The van der Waals surface area contributed by atoms with Gasteiger partial charge in [-0.3, -0.25) is 0 Å². The Labute approximate surface area is 499 Å². The normalized spacial score (nSPS) is 26.1. The molecule has 0 radical (unpaired) electrons. The zero-order valence-corrected chi connectivity index (χ0v) is 48.5.